The summed E-state index contributed by atoms with van der Waals surface area (Å²) in [7, 11) is 3.31. The van der Waals surface area contributed by atoms with Gasteiger partial charge in [-0.15, -0.1) is 11.3 Å². The first-order valence-corrected chi connectivity index (χ1v) is 8.75. The number of morpholine rings is 1. The third-order valence-electron chi connectivity index (χ3n) is 4.27. The molecule has 1 aliphatic heterocycles. The predicted molar refractivity (Wildman–Crippen MR) is 92.4 cm³/mol. The lowest BCUT2D eigenvalue weighted by Gasteiger charge is -2.39. The monoisotopic (exact) mass is 362 g/mol. The molecule has 132 valence electrons. The van der Waals surface area contributed by atoms with E-state index in [9.17, 15) is 14.0 Å². The van der Waals surface area contributed by atoms with Crippen molar-refractivity contribution >= 4 is 23.2 Å². The normalized spacial score (nSPS) is 20.6. The average Bonchev–Trinajstić information content (AvgIpc) is 3.09. The molecule has 0 saturated carbocycles. The maximum atomic E-state index is 13.6. The van der Waals surface area contributed by atoms with Crippen molar-refractivity contribution in [1.82, 2.24) is 9.80 Å². The Bertz CT molecular complexity index is 765. The van der Waals surface area contributed by atoms with E-state index in [0.717, 1.165) is 4.88 Å². The molecule has 2 atom stereocenters. The molecular formula is C18H19FN2O3S. The Morgan fingerprint density at radius 3 is 2.88 bits per heavy atom. The first-order valence-electron chi connectivity index (χ1n) is 7.87. The van der Waals surface area contributed by atoms with E-state index in [4.69, 9.17) is 4.74 Å². The molecule has 2 heterocycles. The largest absolute Gasteiger partial charge is 0.356 e. The Hall–Kier alpha value is -2.25. The van der Waals surface area contributed by atoms with Crippen molar-refractivity contribution < 1.29 is 18.7 Å². The molecule has 0 N–H and O–H groups in total. The number of hydrogen-bond acceptors (Lipinski definition) is 4. The van der Waals surface area contributed by atoms with Crippen molar-refractivity contribution in [2.24, 2.45) is 0 Å². The first-order chi connectivity index (χ1) is 12.0. The molecule has 1 saturated heterocycles. The van der Waals surface area contributed by atoms with Crippen LogP contribution in [-0.4, -0.2) is 48.4 Å². The van der Waals surface area contributed by atoms with E-state index in [1.807, 2.05) is 17.5 Å². The highest BCUT2D eigenvalue weighted by Crippen LogP contribution is 2.30. The summed E-state index contributed by atoms with van der Waals surface area (Å²) in [6.45, 7) is 0.301. The molecule has 2 amide bonds. The third kappa shape index (κ3) is 3.72. The van der Waals surface area contributed by atoms with Crippen LogP contribution in [0.25, 0.3) is 0 Å². The third-order valence-corrected chi connectivity index (χ3v) is 5.13. The van der Waals surface area contributed by atoms with Crippen LogP contribution in [-0.2, 0) is 20.9 Å². The van der Waals surface area contributed by atoms with E-state index in [1.54, 1.807) is 42.5 Å². The molecule has 0 aliphatic carbocycles. The molecule has 1 aromatic carbocycles. The van der Waals surface area contributed by atoms with Gasteiger partial charge in [0.15, 0.2) is 6.10 Å². The highest BCUT2D eigenvalue weighted by atomic mass is 32.1. The smallest absolute Gasteiger partial charge is 0.254 e. The van der Waals surface area contributed by atoms with Gasteiger partial charge in [-0.3, -0.25) is 9.59 Å². The topological polar surface area (TPSA) is 49.9 Å². The highest BCUT2D eigenvalue weighted by molar-refractivity contribution is 7.09. The van der Waals surface area contributed by atoms with Crippen LogP contribution in [0.3, 0.4) is 0 Å². The van der Waals surface area contributed by atoms with Crippen molar-refractivity contribution in [1.29, 1.82) is 0 Å². The number of carbonyl (C=O) groups is 2. The zero-order valence-corrected chi connectivity index (χ0v) is 14.8. The molecule has 7 heteroatoms. The molecular weight excluding hydrogens is 343 g/mol. The molecule has 0 bridgehead atoms. The second-order valence-electron chi connectivity index (χ2n) is 6.01. The molecule has 1 fully saturated rings. The molecule has 25 heavy (non-hydrogen) atoms. The van der Waals surface area contributed by atoms with Gasteiger partial charge < -0.3 is 14.5 Å². The minimum atomic E-state index is -0.866. The fraction of sp³-hybridized carbons (Fsp3) is 0.333. The van der Waals surface area contributed by atoms with Crippen molar-refractivity contribution in [3.8, 4) is 0 Å². The number of hydrogen-bond donors (Lipinski definition) is 0. The van der Waals surface area contributed by atoms with Gasteiger partial charge in [-0.05, 0) is 29.1 Å². The van der Waals surface area contributed by atoms with Gasteiger partial charge in [0, 0.05) is 19.0 Å². The van der Waals surface area contributed by atoms with Gasteiger partial charge >= 0.3 is 0 Å². The summed E-state index contributed by atoms with van der Waals surface area (Å²) in [6, 6.07) is 9.15. The molecule has 2 aromatic rings. The van der Waals surface area contributed by atoms with Gasteiger partial charge in [-0.25, -0.2) is 4.39 Å². The van der Waals surface area contributed by atoms with Crippen LogP contribution < -0.4 is 0 Å². The van der Waals surface area contributed by atoms with Crippen LogP contribution in [0.15, 0.2) is 41.8 Å². The Kier molecular flexibility index (Phi) is 5.15. The van der Waals surface area contributed by atoms with Gasteiger partial charge in [0.05, 0.1) is 12.6 Å². The molecule has 0 spiro atoms. The Morgan fingerprint density at radius 1 is 1.40 bits per heavy atom. The van der Waals surface area contributed by atoms with E-state index < -0.39 is 18.0 Å². The predicted octanol–water partition coefficient (Wildman–Crippen LogP) is 2.44. The number of thiophene rings is 1. The molecule has 3 rings (SSSR count). The van der Waals surface area contributed by atoms with Crippen molar-refractivity contribution in [3.05, 3.63) is 58.0 Å². The van der Waals surface area contributed by atoms with Crippen LogP contribution >= 0.6 is 11.3 Å². The van der Waals surface area contributed by atoms with E-state index in [2.05, 4.69) is 0 Å². The maximum Gasteiger partial charge on any atom is 0.254 e. The number of carbonyl (C=O) groups excluding carboxylic acids is 2. The molecule has 1 aromatic heterocycles. The van der Waals surface area contributed by atoms with Crippen molar-refractivity contribution in [2.75, 3.05) is 20.7 Å². The number of ether oxygens (including phenoxy) is 1. The standard InChI is InChI=1S/C18H19FN2O3S/c1-20(10-14-7-4-8-25-14)18(23)17-16(21(2)15(22)11-24-17)12-5-3-6-13(19)9-12/h3-9,16-17H,10-11H2,1-2H3. The Morgan fingerprint density at radius 2 is 2.20 bits per heavy atom. The van der Waals surface area contributed by atoms with Gasteiger partial charge in [0.1, 0.15) is 12.4 Å². The molecule has 0 radical (unpaired) electrons. The van der Waals surface area contributed by atoms with Crippen LogP contribution in [0.2, 0.25) is 0 Å². The summed E-state index contributed by atoms with van der Waals surface area (Å²) < 4.78 is 19.2. The van der Waals surface area contributed by atoms with Crippen LogP contribution in [0.4, 0.5) is 4.39 Å². The molecule has 2 unspecified atom stereocenters. The van der Waals surface area contributed by atoms with Gasteiger partial charge in [0.25, 0.3) is 5.91 Å². The highest BCUT2D eigenvalue weighted by Gasteiger charge is 2.41. The van der Waals surface area contributed by atoms with E-state index in [0.29, 0.717) is 12.1 Å². The summed E-state index contributed by atoms with van der Waals surface area (Å²) in [5, 5.41) is 1.95. The summed E-state index contributed by atoms with van der Waals surface area (Å²) in [5.41, 5.74) is 0.540. The number of benzene rings is 1. The second kappa shape index (κ2) is 7.33. The van der Waals surface area contributed by atoms with E-state index in [-0.39, 0.29) is 18.4 Å². The average molecular weight is 362 g/mol. The Balaban J connectivity index is 1.86. The lowest BCUT2D eigenvalue weighted by Crippen LogP contribution is -2.53. The second-order valence-corrected chi connectivity index (χ2v) is 7.04. The zero-order valence-electron chi connectivity index (χ0n) is 14.0. The first kappa shape index (κ1) is 17.6. The summed E-state index contributed by atoms with van der Waals surface area (Å²) in [6.07, 6.45) is -0.866. The minimum Gasteiger partial charge on any atom is -0.356 e. The quantitative estimate of drug-likeness (QED) is 0.839. The van der Waals surface area contributed by atoms with Crippen LogP contribution in [0, 0.1) is 5.82 Å². The molecule has 1 aliphatic rings. The lowest BCUT2D eigenvalue weighted by atomic mass is 9.97. The SMILES string of the molecule is CN(Cc1cccs1)C(=O)C1OCC(=O)N(C)C1c1cccc(F)c1. The fourth-order valence-corrected chi connectivity index (χ4v) is 3.70. The summed E-state index contributed by atoms with van der Waals surface area (Å²) >= 11 is 1.57. The number of nitrogens with zero attached hydrogens (tertiary/aromatic N) is 2. The zero-order chi connectivity index (χ0) is 18.0. The lowest BCUT2D eigenvalue weighted by molar-refractivity contribution is -0.167. The van der Waals surface area contributed by atoms with E-state index >= 15 is 0 Å². The number of likely N-dealkylation sites (N-methyl/N-ethyl adjacent to an activating group) is 2. The number of rotatable bonds is 4. The minimum absolute atomic E-state index is 0.161. The molecule has 5 nitrogen and oxygen atoms in total. The maximum absolute atomic E-state index is 13.6. The van der Waals surface area contributed by atoms with Crippen molar-refractivity contribution in [3.63, 3.8) is 0 Å². The Labute approximate surface area is 149 Å². The van der Waals surface area contributed by atoms with Crippen LogP contribution in [0.1, 0.15) is 16.5 Å². The number of amides is 2. The summed E-state index contributed by atoms with van der Waals surface area (Å²) in [4.78, 5) is 29.0. The van der Waals surface area contributed by atoms with Crippen LogP contribution in [0.5, 0.6) is 0 Å². The van der Waals surface area contributed by atoms with Crippen molar-refractivity contribution in [2.45, 2.75) is 18.7 Å². The van der Waals surface area contributed by atoms with Gasteiger partial charge in [-0.2, -0.15) is 0 Å². The summed E-state index contributed by atoms with van der Waals surface area (Å²) in [5.74, 6) is -0.886. The van der Waals surface area contributed by atoms with Gasteiger partial charge in [0.2, 0.25) is 5.91 Å². The fourth-order valence-electron chi connectivity index (χ4n) is 2.94. The van der Waals surface area contributed by atoms with E-state index in [1.165, 1.54) is 17.0 Å². The van der Waals surface area contributed by atoms with Gasteiger partial charge in [-0.1, -0.05) is 18.2 Å². The number of halogens is 1.